The lowest BCUT2D eigenvalue weighted by Gasteiger charge is -2.17. The van der Waals surface area contributed by atoms with Crippen LogP contribution in [0.15, 0.2) is 36.4 Å². The van der Waals surface area contributed by atoms with Crippen LogP contribution in [-0.4, -0.2) is 18.9 Å². The summed E-state index contributed by atoms with van der Waals surface area (Å²) in [5.41, 5.74) is 3.66. The number of Topliss-reactive ketones (excluding diaryl/α,β-unsaturated/α-hetero) is 1. The molecule has 1 aliphatic carbocycles. The minimum atomic E-state index is -0.402. The van der Waals surface area contributed by atoms with Gasteiger partial charge in [0.2, 0.25) is 0 Å². The molecule has 0 fully saturated rings. The number of methoxy groups -OCH3 is 1. The van der Waals surface area contributed by atoms with Gasteiger partial charge in [0.15, 0.2) is 5.78 Å². The number of aryl methyl sites for hydroxylation is 2. The summed E-state index contributed by atoms with van der Waals surface area (Å²) in [6.07, 6.45) is 2.29. The predicted molar refractivity (Wildman–Crippen MR) is 88.9 cm³/mol. The number of ether oxygens (including phenoxy) is 1. The Balaban J connectivity index is 2.00. The van der Waals surface area contributed by atoms with Crippen LogP contribution in [0.1, 0.15) is 56.2 Å². The van der Waals surface area contributed by atoms with Crippen molar-refractivity contribution in [2.75, 3.05) is 7.11 Å². The summed E-state index contributed by atoms with van der Waals surface area (Å²) in [6.45, 7) is 1.83. The maximum Gasteiger partial charge on any atom is 0.337 e. The third-order valence-electron chi connectivity index (χ3n) is 4.65. The Morgan fingerprint density at radius 1 is 1.21 bits per heavy atom. The van der Waals surface area contributed by atoms with Crippen molar-refractivity contribution in [1.82, 2.24) is 0 Å². The van der Waals surface area contributed by atoms with Crippen molar-refractivity contribution in [3.05, 3.63) is 70.0 Å². The fourth-order valence-corrected chi connectivity index (χ4v) is 3.43. The lowest BCUT2D eigenvalue weighted by atomic mass is 9.86. The molecule has 3 nitrogen and oxygen atoms in total. The van der Waals surface area contributed by atoms with E-state index in [4.69, 9.17) is 4.74 Å². The van der Waals surface area contributed by atoms with Crippen molar-refractivity contribution in [1.29, 1.82) is 0 Å². The van der Waals surface area contributed by atoms with Crippen LogP contribution in [-0.2, 0) is 11.2 Å². The van der Waals surface area contributed by atoms with Gasteiger partial charge in [-0.3, -0.25) is 4.79 Å². The Hall–Kier alpha value is -2.49. The number of hydrogen-bond donors (Lipinski definition) is 0. The minimum absolute atomic E-state index is 0.0358. The third-order valence-corrected chi connectivity index (χ3v) is 4.65. The zero-order valence-electron chi connectivity index (χ0n) is 13.8. The van der Waals surface area contributed by atoms with E-state index in [9.17, 15) is 14.0 Å². The first-order valence-electron chi connectivity index (χ1n) is 8.02. The van der Waals surface area contributed by atoms with E-state index in [0.717, 1.165) is 29.5 Å². The van der Waals surface area contributed by atoms with E-state index in [2.05, 4.69) is 0 Å². The van der Waals surface area contributed by atoms with Crippen LogP contribution in [0.2, 0.25) is 0 Å². The van der Waals surface area contributed by atoms with Crippen LogP contribution in [0, 0.1) is 12.7 Å². The molecule has 0 spiro atoms. The van der Waals surface area contributed by atoms with Gasteiger partial charge in [-0.1, -0.05) is 12.1 Å². The quantitative estimate of drug-likeness (QED) is 0.613. The summed E-state index contributed by atoms with van der Waals surface area (Å²) in [5, 5.41) is 0. The molecule has 0 aliphatic heterocycles. The Labute approximate surface area is 140 Å². The number of benzene rings is 2. The van der Waals surface area contributed by atoms with Crippen LogP contribution in [0.4, 0.5) is 4.39 Å². The summed E-state index contributed by atoms with van der Waals surface area (Å²) >= 11 is 0. The van der Waals surface area contributed by atoms with Crippen LogP contribution >= 0.6 is 0 Å². The van der Waals surface area contributed by atoms with Gasteiger partial charge in [-0.15, -0.1) is 0 Å². The highest BCUT2D eigenvalue weighted by Crippen LogP contribution is 2.34. The van der Waals surface area contributed by atoms with Crippen LogP contribution in [0.5, 0.6) is 0 Å². The van der Waals surface area contributed by atoms with E-state index in [1.165, 1.54) is 19.2 Å². The highest BCUT2D eigenvalue weighted by Gasteiger charge is 2.28. The summed E-state index contributed by atoms with van der Waals surface area (Å²) in [5.74, 6) is -0.926. The molecule has 24 heavy (non-hydrogen) atoms. The van der Waals surface area contributed by atoms with E-state index >= 15 is 0 Å². The average Bonchev–Trinajstić information content (AvgIpc) is 2.73. The van der Waals surface area contributed by atoms with Crippen molar-refractivity contribution in [2.45, 2.75) is 32.1 Å². The minimum Gasteiger partial charge on any atom is -0.465 e. The molecular weight excluding hydrogens is 307 g/mol. The monoisotopic (exact) mass is 326 g/mol. The van der Waals surface area contributed by atoms with Gasteiger partial charge in [0.05, 0.1) is 12.7 Å². The average molecular weight is 326 g/mol. The van der Waals surface area contributed by atoms with Gasteiger partial charge in [-0.2, -0.15) is 0 Å². The van der Waals surface area contributed by atoms with Crippen LogP contribution < -0.4 is 0 Å². The van der Waals surface area contributed by atoms with E-state index in [0.29, 0.717) is 17.5 Å². The largest absolute Gasteiger partial charge is 0.465 e. The second kappa shape index (κ2) is 6.56. The van der Waals surface area contributed by atoms with E-state index in [-0.39, 0.29) is 17.5 Å². The molecule has 0 aromatic heterocycles. The highest BCUT2D eigenvalue weighted by atomic mass is 19.1. The molecule has 124 valence electrons. The Kier molecular flexibility index (Phi) is 4.47. The smallest absolute Gasteiger partial charge is 0.337 e. The molecule has 0 heterocycles. The molecule has 0 radical (unpaired) electrons. The first-order chi connectivity index (χ1) is 11.5. The molecule has 0 N–H and O–H groups in total. The number of carbonyl (C=O) groups excluding carboxylic acids is 2. The van der Waals surface area contributed by atoms with Crippen LogP contribution in [0.3, 0.4) is 0 Å². The summed E-state index contributed by atoms with van der Waals surface area (Å²) < 4.78 is 18.1. The highest BCUT2D eigenvalue weighted by molar-refractivity contribution is 6.03. The maximum absolute atomic E-state index is 13.4. The number of ketones is 1. The topological polar surface area (TPSA) is 43.4 Å². The first-order valence-corrected chi connectivity index (χ1v) is 8.02. The number of halogens is 1. The van der Waals surface area contributed by atoms with Crippen molar-refractivity contribution in [3.63, 3.8) is 0 Å². The molecule has 4 heteroatoms. The van der Waals surface area contributed by atoms with Gasteiger partial charge in [0.25, 0.3) is 0 Å². The molecular formula is C20H19FO3. The van der Waals surface area contributed by atoms with E-state index in [1.807, 2.05) is 6.92 Å². The molecule has 0 amide bonds. The summed E-state index contributed by atoms with van der Waals surface area (Å²) in [7, 11) is 1.34. The molecule has 0 saturated carbocycles. The Bertz CT molecular complexity index is 811. The van der Waals surface area contributed by atoms with Crippen LogP contribution in [0.25, 0.3) is 0 Å². The number of hydrogen-bond acceptors (Lipinski definition) is 3. The summed E-state index contributed by atoms with van der Waals surface area (Å²) in [4.78, 5) is 24.7. The normalized spacial score (nSPS) is 17.1. The number of esters is 1. The zero-order chi connectivity index (χ0) is 17.3. The van der Waals surface area contributed by atoms with Gasteiger partial charge >= 0.3 is 5.97 Å². The standard InChI is InChI=1S/C20H19FO3/c1-12-10-15(21)7-9-16(12)18-5-3-4-13-11-14(20(23)24-2)6-8-17(13)19(18)22/h6-11,18H,3-5H2,1-2H3. The van der Waals surface area contributed by atoms with Crippen molar-refractivity contribution in [2.24, 2.45) is 0 Å². The molecule has 0 bridgehead atoms. The summed E-state index contributed by atoms with van der Waals surface area (Å²) in [6, 6.07) is 9.67. The van der Waals surface area contributed by atoms with E-state index in [1.54, 1.807) is 24.3 Å². The zero-order valence-corrected chi connectivity index (χ0v) is 13.8. The van der Waals surface area contributed by atoms with Crippen molar-refractivity contribution >= 4 is 11.8 Å². The molecule has 2 aromatic rings. The number of fused-ring (bicyclic) bond motifs is 1. The second-order valence-corrected chi connectivity index (χ2v) is 6.17. The van der Waals surface area contributed by atoms with Crippen molar-refractivity contribution < 1.29 is 18.7 Å². The van der Waals surface area contributed by atoms with Gasteiger partial charge in [0, 0.05) is 11.5 Å². The second-order valence-electron chi connectivity index (χ2n) is 6.17. The molecule has 2 aromatic carbocycles. The van der Waals surface area contributed by atoms with Gasteiger partial charge in [0.1, 0.15) is 5.82 Å². The SMILES string of the molecule is COC(=O)c1ccc2c(c1)CCCC(c1ccc(F)cc1C)C2=O. The van der Waals surface area contributed by atoms with Gasteiger partial charge < -0.3 is 4.74 Å². The van der Waals surface area contributed by atoms with Gasteiger partial charge in [-0.05, 0) is 67.1 Å². The molecule has 1 aliphatic rings. The lowest BCUT2D eigenvalue weighted by Crippen LogP contribution is -2.14. The molecule has 1 atom stereocenters. The lowest BCUT2D eigenvalue weighted by molar-refractivity contribution is 0.0600. The molecule has 1 unspecified atom stereocenters. The van der Waals surface area contributed by atoms with Gasteiger partial charge in [-0.25, -0.2) is 9.18 Å². The Morgan fingerprint density at radius 3 is 2.71 bits per heavy atom. The number of rotatable bonds is 2. The first kappa shape index (κ1) is 16.4. The fraction of sp³-hybridized carbons (Fsp3) is 0.300. The van der Waals surface area contributed by atoms with E-state index < -0.39 is 5.97 Å². The number of carbonyl (C=O) groups is 2. The maximum atomic E-state index is 13.4. The third kappa shape index (κ3) is 2.96. The molecule has 3 rings (SSSR count). The molecule has 0 saturated heterocycles. The fourth-order valence-electron chi connectivity index (χ4n) is 3.43. The van der Waals surface area contributed by atoms with Crippen molar-refractivity contribution in [3.8, 4) is 0 Å². The predicted octanol–water partition coefficient (Wildman–Crippen LogP) is 4.22. The Morgan fingerprint density at radius 2 is 2.00 bits per heavy atom.